The number of piperazine rings is 1. The van der Waals surface area contributed by atoms with Gasteiger partial charge in [-0.3, -0.25) is 0 Å². The Morgan fingerprint density at radius 2 is 1.64 bits per heavy atom. The van der Waals surface area contributed by atoms with Crippen molar-refractivity contribution in [3.63, 3.8) is 0 Å². The lowest BCUT2D eigenvalue weighted by Crippen LogP contribution is -2.48. The number of benzene rings is 1. The molecule has 0 bridgehead atoms. The highest BCUT2D eigenvalue weighted by atomic mass is 32.2. The molecule has 0 amide bonds. The molecule has 0 atom stereocenters. The fraction of sp³-hybridized carbons (Fsp3) is 0.538. The molecular formula is C13H17F3N2O3S. The van der Waals surface area contributed by atoms with Gasteiger partial charge >= 0.3 is 6.18 Å². The Morgan fingerprint density at radius 3 is 2.09 bits per heavy atom. The van der Waals surface area contributed by atoms with Crippen LogP contribution in [0.5, 0.6) is 5.75 Å². The van der Waals surface area contributed by atoms with Gasteiger partial charge in [0.2, 0.25) is 10.0 Å². The number of hydrogen-bond donors (Lipinski definition) is 0. The van der Waals surface area contributed by atoms with Crippen LogP contribution in [0.4, 0.5) is 18.9 Å². The summed E-state index contributed by atoms with van der Waals surface area (Å²) in [5.41, 5.74) is 0.826. The molecule has 1 saturated heterocycles. The molecule has 5 nitrogen and oxygen atoms in total. The minimum absolute atomic E-state index is 0.149. The molecule has 2 rings (SSSR count). The van der Waals surface area contributed by atoms with Crippen molar-refractivity contribution in [3.8, 4) is 5.75 Å². The van der Waals surface area contributed by atoms with Crippen LogP contribution in [-0.2, 0) is 10.0 Å². The van der Waals surface area contributed by atoms with E-state index in [1.807, 2.05) is 4.90 Å². The van der Waals surface area contributed by atoms with Crippen molar-refractivity contribution in [2.45, 2.75) is 6.18 Å². The van der Waals surface area contributed by atoms with Crippen molar-refractivity contribution in [2.75, 3.05) is 43.9 Å². The summed E-state index contributed by atoms with van der Waals surface area (Å²) in [7, 11) is -3.18. The molecule has 0 N–H and O–H groups in total. The minimum Gasteiger partial charge on any atom is -0.484 e. The lowest BCUT2D eigenvalue weighted by atomic mass is 10.2. The summed E-state index contributed by atoms with van der Waals surface area (Å²) in [6.07, 6.45) is -3.18. The van der Waals surface area contributed by atoms with Crippen LogP contribution in [-0.4, -0.2) is 57.9 Å². The zero-order valence-electron chi connectivity index (χ0n) is 12.0. The summed E-state index contributed by atoms with van der Waals surface area (Å²) in [5, 5.41) is 0. The van der Waals surface area contributed by atoms with Crippen LogP contribution in [0, 0.1) is 0 Å². The predicted molar refractivity (Wildman–Crippen MR) is 76.6 cm³/mol. The van der Waals surface area contributed by atoms with Crippen LogP contribution < -0.4 is 9.64 Å². The fourth-order valence-electron chi connectivity index (χ4n) is 2.20. The van der Waals surface area contributed by atoms with Gasteiger partial charge in [-0.2, -0.15) is 17.5 Å². The third kappa shape index (κ3) is 4.77. The number of sulfonamides is 1. The van der Waals surface area contributed by atoms with Gasteiger partial charge in [-0.25, -0.2) is 8.42 Å². The number of halogens is 3. The maximum absolute atomic E-state index is 12.1. The zero-order chi connectivity index (χ0) is 16.4. The average molecular weight is 338 g/mol. The van der Waals surface area contributed by atoms with Gasteiger partial charge in [0, 0.05) is 31.9 Å². The van der Waals surface area contributed by atoms with Gasteiger partial charge in [-0.05, 0) is 24.3 Å². The van der Waals surface area contributed by atoms with Crippen LogP contribution in [0.3, 0.4) is 0 Å². The van der Waals surface area contributed by atoms with Gasteiger partial charge in [-0.1, -0.05) is 0 Å². The normalized spacial score (nSPS) is 17.5. The van der Waals surface area contributed by atoms with E-state index in [1.54, 1.807) is 12.1 Å². The van der Waals surface area contributed by atoms with Crippen LogP contribution in [0.15, 0.2) is 24.3 Å². The lowest BCUT2D eigenvalue weighted by Gasteiger charge is -2.34. The molecule has 0 saturated carbocycles. The van der Waals surface area contributed by atoms with E-state index in [0.29, 0.717) is 26.2 Å². The Hall–Kier alpha value is -1.48. The monoisotopic (exact) mass is 338 g/mol. The third-order valence-electron chi connectivity index (χ3n) is 3.31. The molecule has 0 unspecified atom stereocenters. The number of hydrogen-bond acceptors (Lipinski definition) is 4. The quantitative estimate of drug-likeness (QED) is 0.839. The first-order valence-electron chi connectivity index (χ1n) is 6.65. The Morgan fingerprint density at radius 1 is 1.09 bits per heavy atom. The summed E-state index contributed by atoms with van der Waals surface area (Å²) in [6.45, 7) is 0.543. The molecule has 0 spiro atoms. The molecule has 22 heavy (non-hydrogen) atoms. The number of rotatable bonds is 4. The Labute approximate surface area is 127 Å². The molecular weight excluding hydrogens is 321 g/mol. The maximum atomic E-state index is 12.1. The highest BCUT2D eigenvalue weighted by Crippen LogP contribution is 2.23. The first kappa shape index (κ1) is 16.9. The standard InChI is InChI=1S/C13H17F3N2O3S/c1-22(19,20)18-8-6-17(7-9-18)11-2-4-12(5-3-11)21-10-13(14,15)16/h2-5H,6-10H2,1H3. The molecule has 0 aromatic heterocycles. The molecule has 9 heteroatoms. The molecule has 124 valence electrons. The largest absolute Gasteiger partial charge is 0.484 e. The van der Waals surface area contributed by atoms with Crippen molar-refractivity contribution in [2.24, 2.45) is 0 Å². The van der Waals surface area contributed by atoms with E-state index in [4.69, 9.17) is 0 Å². The van der Waals surface area contributed by atoms with E-state index in [-0.39, 0.29) is 5.75 Å². The highest BCUT2D eigenvalue weighted by molar-refractivity contribution is 7.88. The fourth-order valence-corrected chi connectivity index (χ4v) is 3.02. The second-order valence-electron chi connectivity index (χ2n) is 5.05. The Kier molecular flexibility index (Phi) is 4.86. The van der Waals surface area contributed by atoms with Gasteiger partial charge in [0.25, 0.3) is 0 Å². The molecule has 1 heterocycles. The van der Waals surface area contributed by atoms with Gasteiger partial charge in [-0.15, -0.1) is 0 Å². The van der Waals surface area contributed by atoms with Crippen LogP contribution in [0.1, 0.15) is 0 Å². The van der Waals surface area contributed by atoms with Gasteiger partial charge in [0.15, 0.2) is 6.61 Å². The summed E-state index contributed by atoms with van der Waals surface area (Å²) < 4.78 is 65.1. The van der Waals surface area contributed by atoms with E-state index >= 15 is 0 Å². The minimum atomic E-state index is -4.36. The first-order chi connectivity index (χ1) is 10.1. The molecule has 0 radical (unpaired) electrons. The molecule has 1 aliphatic heterocycles. The second kappa shape index (κ2) is 6.33. The van der Waals surface area contributed by atoms with Gasteiger partial charge < -0.3 is 9.64 Å². The van der Waals surface area contributed by atoms with E-state index in [1.165, 1.54) is 22.7 Å². The van der Waals surface area contributed by atoms with Crippen LogP contribution in [0.2, 0.25) is 0 Å². The van der Waals surface area contributed by atoms with Crippen molar-refractivity contribution < 1.29 is 26.3 Å². The summed E-state index contributed by atoms with van der Waals surface area (Å²) >= 11 is 0. The van der Waals surface area contributed by atoms with Gasteiger partial charge in [0.05, 0.1) is 6.26 Å². The lowest BCUT2D eigenvalue weighted by molar-refractivity contribution is -0.153. The van der Waals surface area contributed by atoms with Crippen LogP contribution in [0.25, 0.3) is 0 Å². The average Bonchev–Trinajstić information content (AvgIpc) is 2.44. The van der Waals surface area contributed by atoms with E-state index in [2.05, 4.69) is 4.74 Å². The third-order valence-corrected chi connectivity index (χ3v) is 4.62. The summed E-state index contributed by atoms with van der Waals surface area (Å²) in [6, 6.07) is 6.29. The molecule has 0 aliphatic carbocycles. The summed E-state index contributed by atoms with van der Waals surface area (Å²) in [5.74, 6) is 0.149. The zero-order valence-corrected chi connectivity index (χ0v) is 12.8. The van der Waals surface area contributed by atoms with Gasteiger partial charge in [0.1, 0.15) is 5.75 Å². The molecule has 1 aromatic rings. The van der Waals surface area contributed by atoms with E-state index in [9.17, 15) is 21.6 Å². The smallest absolute Gasteiger partial charge is 0.422 e. The van der Waals surface area contributed by atoms with E-state index in [0.717, 1.165) is 5.69 Å². The van der Waals surface area contributed by atoms with Crippen molar-refractivity contribution >= 4 is 15.7 Å². The number of nitrogens with zero attached hydrogens (tertiary/aromatic N) is 2. The molecule has 1 fully saturated rings. The maximum Gasteiger partial charge on any atom is 0.422 e. The number of anilines is 1. The molecule has 1 aromatic carbocycles. The van der Waals surface area contributed by atoms with Crippen molar-refractivity contribution in [1.82, 2.24) is 4.31 Å². The second-order valence-corrected chi connectivity index (χ2v) is 7.03. The first-order valence-corrected chi connectivity index (χ1v) is 8.50. The van der Waals surface area contributed by atoms with E-state index < -0.39 is 22.8 Å². The van der Waals surface area contributed by atoms with Crippen molar-refractivity contribution in [1.29, 1.82) is 0 Å². The number of alkyl halides is 3. The Bertz CT molecular complexity index is 594. The van der Waals surface area contributed by atoms with Crippen LogP contribution >= 0.6 is 0 Å². The topological polar surface area (TPSA) is 49.9 Å². The highest BCUT2D eigenvalue weighted by Gasteiger charge is 2.28. The summed E-state index contributed by atoms with van der Waals surface area (Å²) in [4.78, 5) is 1.98. The van der Waals surface area contributed by atoms with Crippen molar-refractivity contribution in [3.05, 3.63) is 24.3 Å². The molecule has 1 aliphatic rings. The SMILES string of the molecule is CS(=O)(=O)N1CCN(c2ccc(OCC(F)(F)F)cc2)CC1. The Balaban J connectivity index is 1.92. The number of ether oxygens (including phenoxy) is 1. The predicted octanol–water partition coefficient (Wildman–Crippen LogP) is 1.71.